The van der Waals surface area contributed by atoms with Crippen molar-refractivity contribution in [3.8, 4) is 0 Å². The fraction of sp³-hybridized carbons (Fsp3) is 0.286. The van der Waals surface area contributed by atoms with Crippen LogP contribution in [0.25, 0.3) is 6.08 Å². The molecule has 142 valence electrons. The van der Waals surface area contributed by atoms with Gasteiger partial charge >= 0.3 is 0 Å². The zero-order valence-electron chi connectivity index (χ0n) is 15.1. The Morgan fingerprint density at radius 2 is 1.52 bits per heavy atom. The van der Waals surface area contributed by atoms with E-state index in [0.717, 1.165) is 44.0 Å². The van der Waals surface area contributed by atoms with Crippen molar-refractivity contribution in [3.05, 3.63) is 71.8 Å². The molecule has 0 aliphatic carbocycles. The molecule has 2 aromatic rings. The Morgan fingerprint density at radius 1 is 0.926 bits per heavy atom. The fourth-order valence-corrected chi connectivity index (χ4v) is 3.02. The zero-order valence-corrected chi connectivity index (χ0v) is 15.1. The first-order chi connectivity index (χ1) is 13.1. The summed E-state index contributed by atoms with van der Waals surface area (Å²) in [5.74, 6) is -0.679. The molecule has 1 N–H and O–H groups in total. The number of carbonyl (C=O) groups excluding carboxylic acids is 1. The molecule has 0 radical (unpaired) electrons. The van der Waals surface area contributed by atoms with Gasteiger partial charge in [-0.3, -0.25) is 9.69 Å². The largest absolute Gasteiger partial charge is 0.369 e. The van der Waals surface area contributed by atoms with Crippen molar-refractivity contribution in [1.29, 1.82) is 0 Å². The quantitative estimate of drug-likeness (QED) is 0.793. The summed E-state index contributed by atoms with van der Waals surface area (Å²) in [6.07, 6.45) is 3.12. The van der Waals surface area contributed by atoms with E-state index in [2.05, 4.69) is 15.1 Å². The lowest BCUT2D eigenvalue weighted by Crippen LogP contribution is -2.48. The Balaban J connectivity index is 1.35. The molecule has 6 heteroatoms. The van der Waals surface area contributed by atoms with Gasteiger partial charge in [0, 0.05) is 51.0 Å². The van der Waals surface area contributed by atoms with Crippen molar-refractivity contribution in [3.63, 3.8) is 0 Å². The summed E-state index contributed by atoms with van der Waals surface area (Å²) in [6.45, 7) is 4.92. The smallest absolute Gasteiger partial charge is 0.244 e. The normalized spacial score (nSPS) is 15.3. The van der Waals surface area contributed by atoms with E-state index in [9.17, 15) is 13.6 Å². The van der Waals surface area contributed by atoms with Gasteiger partial charge in [0.15, 0.2) is 0 Å². The highest BCUT2D eigenvalue weighted by molar-refractivity contribution is 5.91. The highest BCUT2D eigenvalue weighted by Crippen LogP contribution is 2.16. The third-order valence-corrected chi connectivity index (χ3v) is 4.59. The van der Waals surface area contributed by atoms with E-state index in [4.69, 9.17) is 0 Å². The van der Waals surface area contributed by atoms with E-state index in [0.29, 0.717) is 6.54 Å². The number of carbonyl (C=O) groups is 1. The van der Waals surface area contributed by atoms with Gasteiger partial charge in [-0.1, -0.05) is 12.1 Å². The third-order valence-electron chi connectivity index (χ3n) is 4.59. The van der Waals surface area contributed by atoms with Crippen LogP contribution >= 0.6 is 0 Å². The number of hydrogen-bond acceptors (Lipinski definition) is 3. The van der Waals surface area contributed by atoms with E-state index < -0.39 is 0 Å². The third kappa shape index (κ3) is 5.89. The maximum atomic E-state index is 13.0. The fourth-order valence-electron chi connectivity index (χ4n) is 3.02. The van der Waals surface area contributed by atoms with Crippen LogP contribution in [0.5, 0.6) is 0 Å². The molecular weight excluding hydrogens is 348 g/mol. The molecular formula is C21H23F2N3O. The standard InChI is InChI=1S/C21H23F2N3O/c22-18-4-1-17(2-5-18)3-10-21(27)24-11-12-25-13-15-26(16-14-25)20-8-6-19(23)7-9-20/h1-10H,11-16H2,(H,24,27)/b10-3-. The minimum Gasteiger partial charge on any atom is -0.369 e. The van der Waals surface area contributed by atoms with Gasteiger partial charge < -0.3 is 10.2 Å². The Bertz CT molecular complexity index is 767. The highest BCUT2D eigenvalue weighted by Gasteiger charge is 2.16. The van der Waals surface area contributed by atoms with Crippen LogP contribution in [0.2, 0.25) is 0 Å². The summed E-state index contributed by atoms with van der Waals surface area (Å²) in [5, 5.41) is 2.86. The minimum atomic E-state index is -0.295. The summed E-state index contributed by atoms with van der Waals surface area (Å²) >= 11 is 0. The maximum Gasteiger partial charge on any atom is 0.244 e. The van der Waals surface area contributed by atoms with E-state index >= 15 is 0 Å². The molecule has 0 unspecified atom stereocenters. The number of amides is 1. The molecule has 3 rings (SSSR count). The monoisotopic (exact) mass is 371 g/mol. The Kier molecular flexibility index (Phi) is 6.54. The van der Waals surface area contributed by atoms with Crippen molar-refractivity contribution in [2.75, 3.05) is 44.2 Å². The first-order valence-corrected chi connectivity index (χ1v) is 9.04. The predicted molar refractivity (Wildman–Crippen MR) is 103 cm³/mol. The number of nitrogens with zero attached hydrogens (tertiary/aromatic N) is 2. The van der Waals surface area contributed by atoms with E-state index in [-0.39, 0.29) is 17.5 Å². The zero-order chi connectivity index (χ0) is 19.1. The van der Waals surface area contributed by atoms with Crippen LogP contribution in [-0.2, 0) is 4.79 Å². The molecule has 2 aromatic carbocycles. The lowest BCUT2D eigenvalue weighted by atomic mass is 10.2. The van der Waals surface area contributed by atoms with Crippen LogP contribution in [-0.4, -0.2) is 50.1 Å². The first-order valence-electron chi connectivity index (χ1n) is 9.04. The topological polar surface area (TPSA) is 35.6 Å². The van der Waals surface area contributed by atoms with Crippen molar-refractivity contribution in [2.45, 2.75) is 0 Å². The van der Waals surface area contributed by atoms with Crippen molar-refractivity contribution >= 4 is 17.7 Å². The second kappa shape index (κ2) is 9.28. The van der Waals surface area contributed by atoms with Crippen molar-refractivity contribution < 1.29 is 13.6 Å². The van der Waals surface area contributed by atoms with Crippen LogP contribution in [0.3, 0.4) is 0 Å². The molecule has 0 aromatic heterocycles. The number of hydrogen-bond donors (Lipinski definition) is 1. The van der Waals surface area contributed by atoms with E-state index in [1.54, 1.807) is 30.3 Å². The van der Waals surface area contributed by atoms with Gasteiger partial charge in [-0.2, -0.15) is 0 Å². The van der Waals surface area contributed by atoms with Gasteiger partial charge in [0.2, 0.25) is 5.91 Å². The average molecular weight is 371 g/mol. The predicted octanol–water partition coefficient (Wildman–Crippen LogP) is 2.92. The number of anilines is 1. The summed E-state index contributed by atoms with van der Waals surface area (Å²) in [6, 6.07) is 12.6. The van der Waals surface area contributed by atoms with Crippen molar-refractivity contribution in [1.82, 2.24) is 10.2 Å². The Labute approximate surface area is 158 Å². The summed E-state index contributed by atoms with van der Waals surface area (Å²) < 4.78 is 25.8. The summed E-state index contributed by atoms with van der Waals surface area (Å²) in [4.78, 5) is 16.4. The van der Waals surface area contributed by atoms with Crippen LogP contribution in [0.4, 0.5) is 14.5 Å². The molecule has 0 atom stereocenters. The maximum absolute atomic E-state index is 13.0. The van der Waals surface area contributed by atoms with Gasteiger partial charge in [-0.05, 0) is 48.0 Å². The molecule has 0 spiro atoms. The molecule has 4 nitrogen and oxygen atoms in total. The van der Waals surface area contributed by atoms with Gasteiger partial charge in [0.1, 0.15) is 11.6 Å². The number of benzene rings is 2. The van der Waals surface area contributed by atoms with Gasteiger partial charge in [-0.15, -0.1) is 0 Å². The van der Waals surface area contributed by atoms with Crippen LogP contribution in [0.15, 0.2) is 54.6 Å². The number of rotatable bonds is 6. The average Bonchev–Trinajstić information content (AvgIpc) is 2.69. The lowest BCUT2D eigenvalue weighted by Gasteiger charge is -2.36. The number of halogens is 2. The SMILES string of the molecule is O=C(/C=C\c1ccc(F)cc1)NCCN1CCN(c2ccc(F)cc2)CC1. The second-order valence-electron chi connectivity index (χ2n) is 6.48. The lowest BCUT2D eigenvalue weighted by molar-refractivity contribution is -0.116. The number of nitrogens with one attached hydrogen (secondary N) is 1. The summed E-state index contributed by atoms with van der Waals surface area (Å²) in [5.41, 5.74) is 1.82. The molecule has 0 saturated carbocycles. The van der Waals surface area contributed by atoms with Crippen LogP contribution < -0.4 is 10.2 Å². The van der Waals surface area contributed by atoms with Crippen LogP contribution in [0.1, 0.15) is 5.56 Å². The Morgan fingerprint density at radius 3 is 2.15 bits per heavy atom. The highest BCUT2D eigenvalue weighted by atomic mass is 19.1. The van der Waals surface area contributed by atoms with Gasteiger partial charge in [0.05, 0.1) is 0 Å². The molecule has 1 saturated heterocycles. The van der Waals surface area contributed by atoms with E-state index in [1.165, 1.54) is 30.3 Å². The Hall–Kier alpha value is -2.73. The van der Waals surface area contributed by atoms with Gasteiger partial charge in [-0.25, -0.2) is 8.78 Å². The molecule has 0 bridgehead atoms. The minimum absolute atomic E-state index is 0.163. The molecule has 1 fully saturated rings. The molecule has 1 amide bonds. The molecule has 1 aliphatic rings. The van der Waals surface area contributed by atoms with Gasteiger partial charge in [0.25, 0.3) is 0 Å². The molecule has 1 aliphatic heterocycles. The molecule has 27 heavy (non-hydrogen) atoms. The number of piperazine rings is 1. The molecule has 1 heterocycles. The van der Waals surface area contributed by atoms with E-state index in [1.807, 2.05) is 0 Å². The summed E-state index contributed by atoms with van der Waals surface area (Å²) in [7, 11) is 0. The first kappa shape index (κ1) is 19.0. The van der Waals surface area contributed by atoms with Crippen molar-refractivity contribution in [2.24, 2.45) is 0 Å². The second-order valence-corrected chi connectivity index (χ2v) is 6.48. The van der Waals surface area contributed by atoms with Crippen LogP contribution in [0, 0.1) is 11.6 Å².